The molecule has 1 aromatic heterocycles. The molecule has 0 aliphatic carbocycles. The molecule has 1 aliphatic heterocycles. The molecule has 0 saturated carbocycles. The summed E-state index contributed by atoms with van der Waals surface area (Å²) in [5.74, 6) is 0.606. The molecule has 27 heavy (non-hydrogen) atoms. The summed E-state index contributed by atoms with van der Waals surface area (Å²) in [7, 11) is 0. The summed E-state index contributed by atoms with van der Waals surface area (Å²) < 4.78 is 5.53. The second-order valence-electron chi connectivity index (χ2n) is 7.08. The number of pyridine rings is 1. The van der Waals surface area contributed by atoms with Gasteiger partial charge >= 0.3 is 6.03 Å². The molecule has 3 rings (SSSR count). The Labute approximate surface area is 161 Å². The zero-order valence-electron chi connectivity index (χ0n) is 16.1. The van der Waals surface area contributed by atoms with Gasteiger partial charge in [-0.05, 0) is 25.0 Å². The monoisotopic (exact) mass is 368 g/mol. The first-order valence-electron chi connectivity index (χ1n) is 9.51. The first-order chi connectivity index (χ1) is 13.1. The minimum atomic E-state index is -0.0168. The van der Waals surface area contributed by atoms with E-state index >= 15 is 0 Å². The van der Waals surface area contributed by atoms with Crippen molar-refractivity contribution in [3.05, 3.63) is 59.8 Å². The number of carbonyl (C=O) groups excluding carboxylic acids is 1. The van der Waals surface area contributed by atoms with Crippen molar-refractivity contribution in [2.75, 3.05) is 26.2 Å². The average molecular weight is 368 g/mol. The number of ether oxygens (including phenoxy) is 1. The van der Waals surface area contributed by atoms with Crippen molar-refractivity contribution in [2.45, 2.75) is 33.0 Å². The number of rotatable bonds is 6. The maximum absolute atomic E-state index is 12.4. The molecule has 2 aromatic rings. The fourth-order valence-corrected chi connectivity index (χ4v) is 3.07. The van der Waals surface area contributed by atoms with Gasteiger partial charge in [0.15, 0.2) is 0 Å². The van der Waals surface area contributed by atoms with E-state index in [1.54, 1.807) is 6.20 Å². The van der Waals surface area contributed by atoms with E-state index in [9.17, 15) is 4.79 Å². The third-order valence-corrected chi connectivity index (χ3v) is 4.51. The maximum atomic E-state index is 12.4. The lowest BCUT2D eigenvalue weighted by Crippen LogP contribution is -2.51. The fourth-order valence-electron chi connectivity index (χ4n) is 3.07. The Bertz CT molecular complexity index is 711. The van der Waals surface area contributed by atoms with E-state index in [-0.39, 0.29) is 12.1 Å². The van der Waals surface area contributed by atoms with Crippen LogP contribution in [0.4, 0.5) is 4.79 Å². The summed E-state index contributed by atoms with van der Waals surface area (Å²) in [5, 5.41) is 2.98. The number of carbonyl (C=O) groups is 1. The number of nitrogens with zero attached hydrogens (tertiary/aromatic N) is 3. The molecular weight excluding hydrogens is 340 g/mol. The highest BCUT2D eigenvalue weighted by atomic mass is 16.5. The molecule has 0 radical (unpaired) electrons. The highest BCUT2D eigenvalue weighted by molar-refractivity contribution is 5.74. The normalized spacial score (nSPS) is 15.0. The summed E-state index contributed by atoms with van der Waals surface area (Å²) in [6.45, 7) is 8.63. The van der Waals surface area contributed by atoms with Crippen LogP contribution >= 0.6 is 0 Å². The molecule has 1 fully saturated rings. The lowest BCUT2D eigenvalue weighted by molar-refractivity contribution is 0.135. The Kier molecular flexibility index (Phi) is 6.65. The van der Waals surface area contributed by atoms with Crippen molar-refractivity contribution in [3.8, 4) is 5.88 Å². The number of piperazine rings is 1. The van der Waals surface area contributed by atoms with E-state index in [4.69, 9.17) is 4.74 Å². The number of benzene rings is 1. The van der Waals surface area contributed by atoms with Gasteiger partial charge in [-0.25, -0.2) is 9.78 Å². The Balaban J connectivity index is 1.40. The average Bonchev–Trinajstić information content (AvgIpc) is 2.68. The van der Waals surface area contributed by atoms with Crippen LogP contribution in [-0.2, 0) is 13.1 Å². The van der Waals surface area contributed by atoms with E-state index < -0.39 is 0 Å². The van der Waals surface area contributed by atoms with Gasteiger partial charge in [-0.2, -0.15) is 0 Å². The quantitative estimate of drug-likeness (QED) is 0.852. The molecular formula is C21H28N4O2. The summed E-state index contributed by atoms with van der Waals surface area (Å²) in [5.41, 5.74) is 2.27. The topological polar surface area (TPSA) is 57.7 Å². The summed E-state index contributed by atoms with van der Waals surface area (Å²) >= 11 is 0. The minimum Gasteiger partial charge on any atom is -0.475 e. The standard InChI is InChI=1S/C21H28N4O2/c1-17(2)27-20-9-8-19(14-22-20)15-23-21(26)25-12-10-24(11-13-25)16-18-6-4-3-5-7-18/h3-9,14,17H,10-13,15-16H2,1-2H3,(H,23,26). The van der Waals surface area contributed by atoms with E-state index in [0.717, 1.165) is 38.3 Å². The van der Waals surface area contributed by atoms with Crippen LogP contribution in [0, 0.1) is 0 Å². The van der Waals surface area contributed by atoms with Gasteiger partial charge in [-0.15, -0.1) is 0 Å². The first kappa shape index (κ1) is 19.2. The number of amides is 2. The molecule has 0 atom stereocenters. The van der Waals surface area contributed by atoms with Crippen LogP contribution in [0.15, 0.2) is 48.7 Å². The predicted molar refractivity (Wildman–Crippen MR) is 106 cm³/mol. The number of hydrogen-bond acceptors (Lipinski definition) is 4. The van der Waals surface area contributed by atoms with Gasteiger partial charge in [-0.1, -0.05) is 36.4 Å². The van der Waals surface area contributed by atoms with Crippen LogP contribution in [0.2, 0.25) is 0 Å². The summed E-state index contributed by atoms with van der Waals surface area (Å²) in [6, 6.07) is 14.2. The van der Waals surface area contributed by atoms with Crippen LogP contribution in [0.1, 0.15) is 25.0 Å². The van der Waals surface area contributed by atoms with Crippen LogP contribution in [0.3, 0.4) is 0 Å². The lowest BCUT2D eigenvalue weighted by atomic mass is 10.2. The molecule has 1 aromatic carbocycles. The SMILES string of the molecule is CC(C)Oc1ccc(CNC(=O)N2CCN(Cc3ccccc3)CC2)cn1. The highest BCUT2D eigenvalue weighted by Crippen LogP contribution is 2.11. The van der Waals surface area contributed by atoms with Crippen molar-refractivity contribution < 1.29 is 9.53 Å². The first-order valence-corrected chi connectivity index (χ1v) is 9.51. The molecule has 2 heterocycles. The minimum absolute atomic E-state index is 0.0168. The lowest BCUT2D eigenvalue weighted by Gasteiger charge is -2.34. The van der Waals surface area contributed by atoms with Crippen molar-refractivity contribution in [3.63, 3.8) is 0 Å². The van der Waals surface area contributed by atoms with Crippen LogP contribution in [-0.4, -0.2) is 53.1 Å². The molecule has 0 spiro atoms. The second-order valence-corrected chi connectivity index (χ2v) is 7.08. The van der Waals surface area contributed by atoms with Crippen LogP contribution < -0.4 is 10.1 Å². The molecule has 1 aliphatic rings. The molecule has 6 heteroatoms. The molecule has 0 bridgehead atoms. The maximum Gasteiger partial charge on any atom is 0.317 e. The Morgan fingerprint density at radius 2 is 1.81 bits per heavy atom. The van der Waals surface area contributed by atoms with Gasteiger partial charge in [-0.3, -0.25) is 4.90 Å². The van der Waals surface area contributed by atoms with Crippen LogP contribution in [0.25, 0.3) is 0 Å². The van der Waals surface area contributed by atoms with E-state index in [0.29, 0.717) is 12.4 Å². The van der Waals surface area contributed by atoms with Gasteiger partial charge in [0, 0.05) is 51.5 Å². The molecule has 2 amide bonds. The Hall–Kier alpha value is -2.60. The third-order valence-electron chi connectivity index (χ3n) is 4.51. The summed E-state index contributed by atoms with van der Waals surface area (Å²) in [4.78, 5) is 20.9. The Morgan fingerprint density at radius 3 is 2.44 bits per heavy atom. The van der Waals surface area contributed by atoms with Crippen molar-refractivity contribution >= 4 is 6.03 Å². The zero-order valence-corrected chi connectivity index (χ0v) is 16.1. The fraction of sp³-hybridized carbons (Fsp3) is 0.429. The largest absolute Gasteiger partial charge is 0.475 e. The molecule has 1 N–H and O–H groups in total. The molecule has 1 saturated heterocycles. The van der Waals surface area contributed by atoms with Gasteiger partial charge in [0.2, 0.25) is 5.88 Å². The van der Waals surface area contributed by atoms with E-state index in [2.05, 4.69) is 39.5 Å². The number of hydrogen-bond donors (Lipinski definition) is 1. The zero-order chi connectivity index (χ0) is 19.1. The third kappa shape index (κ3) is 5.96. The number of aromatic nitrogens is 1. The van der Waals surface area contributed by atoms with Crippen molar-refractivity contribution in [1.29, 1.82) is 0 Å². The van der Waals surface area contributed by atoms with E-state index in [1.165, 1.54) is 5.56 Å². The molecule has 0 unspecified atom stereocenters. The van der Waals surface area contributed by atoms with Crippen molar-refractivity contribution in [1.82, 2.24) is 20.1 Å². The van der Waals surface area contributed by atoms with E-state index in [1.807, 2.05) is 36.9 Å². The molecule has 144 valence electrons. The summed E-state index contributed by atoms with van der Waals surface area (Å²) in [6.07, 6.45) is 1.85. The number of urea groups is 1. The van der Waals surface area contributed by atoms with Crippen molar-refractivity contribution in [2.24, 2.45) is 0 Å². The predicted octanol–water partition coefficient (Wildman–Crippen LogP) is 2.90. The second kappa shape index (κ2) is 9.37. The Morgan fingerprint density at radius 1 is 1.07 bits per heavy atom. The van der Waals surface area contributed by atoms with Gasteiger partial charge in [0.1, 0.15) is 0 Å². The van der Waals surface area contributed by atoms with Gasteiger partial charge in [0.05, 0.1) is 6.10 Å². The highest BCUT2D eigenvalue weighted by Gasteiger charge is 2.20. The molecule has 6 nitrogen and oxygen atoms in total. The number of nitrogens with one attached hydrogen (secondary N) is 1. The smallest absolute Gasteiger partial charge is 0.317 e. The van der Waals surface area contributed by atoms with Gasteiger partial charge < -0.3 is 15.0 Å². The van der Waals surface area contributed by atoms with Crippen LogP contribution in [0.5, 0.6) is 5.88 Å². The van der Waals surface area contributed by atoms with Gasteiger partial charge in [0.25, 0.3) is 0 Å².